The Hall–Kier alpha value is -2.33. The molecule has 2 aliphatic rings. The Bertz CT molecular complexity index is 763. The molecule has 0 amide bonds. The van der Waals surface area contributed by atoms with Crippen LogP contribution in [0.3, 0.4) is 0 Å². The van der Waals surface area contributed by atoms with E-state index in [2.05, 4.69) is 4.98 Å². The molecule has 0 aliphatic carbocycles. The van der Waals surface area contributed by atoms with Crippen LogP contribution in [0.25, 0.3) is 0 Å². The predicted molar refractivity (Wildman–Crippen MR) is 87.4 cm³/mol. The largest absolute Gasteiger partial charge is 0.401 e. The monoisotopic (exact) mass is 354 g/mol. The highest BCUT2D eigenvalue weighted by molar-refractivity contribution is 5.77. The average molecular weight is 354 g/mol. The maximum atomic E-state index is 14.3. The van der Waals surface area contributed by atoms with Gasteiger partial charge in [-0.15, -0.1) is 0 Å². The van der Waals surface area contributed by atoms with Crippen molar-refractivity contribution in [3.05, 3.63) is 34.0 Å². The lowest BCUT2D eigenvalue weighted by Gasteiger charge is -2.29. The van der Waals surface area contributed by atoms with Gasteiger partial charge in [0.25, 0.3) is 5.92 Å². The maximum absolute atomic E-state index is 14.3. The number of rotatable bonds is 4. The van der Waals surface area contributed by atoms with E-state index in [4.69, 9.17) is 21.6 Å². The fraction of sp³-hybridized carbons (Fsp3) is 0.533. The summed E-state index contributed by atoms with van der Waals surface area (Å²) in [5, 5.41) is 7.27. The zero-order valence-corrected chi connectivity index (χ0v) is 13.5. The van der Waals surface area contributed by atoms with Crippen LogP contribution in [0.2, 0.25) is 0 Å². The fourth-order valence-electron chi connectivity index (χ4n) is 3.18. The number of nitrogens with zero attached hydrogens (tertiary/aromatic N) is 3. The van der Waals surface area contributed by atoms with Gasteiger partial charge in [0.2, 0.25) is 6.23 Å². The first-order chi connectivity index (χ1) is 11.8. The minimum Gasteiger partial charge on any atom is -0.401 e. The molecule has 8 nitrogen and oxygen atoms in total. The molecule has 1 unspecified atom stereocenters. The minimum atomic E-state index is -3.19. The van der Waals surface area contributed by atoms with E-state index in [1.165, 1.54) is 18.5 Å². The van der Waals surface area contributed by atoms with Crippen LogP contribution in [-0.2, 0) is 4.74 Å². The van der Waals surface area contributed by atoms with Crippen LogP contribution in [0, 0.1) is 5.41 Å². The van der Waals surface area contributed by atoms with Crippen LogP contribution in [0.15, 0.2) is 28.3 Å². The normalized spacial score (nSPS) is 26.8. The van der Waals surface area contributed by atoms with E-state index >= 15 is 0 Å². The van der Waals surface area contributed by atoms with Crippen molar-refractivity contribution in [3.8, 4) is 0 Å². The Morgan fingerprint density at radius 2 is 2.24 bits per heavy atom. The molecule has 3 heterocycles. The topological polar surface area (TPSA) is 123 Å². The van der Waals surface area contributed by atoms with E-state index in [-0.39, 0.29) is 12.4 Å². The summed E-state index contributed by atoms with van der Waals surface area (Å²) in [5.74, 6) is -3.22. The molecular weight excluding hydrogens is 334 g/mol. The van der Waals surface area contributed by atoms with E-state index in [0.717, 1.165) is 10.1 Å². The Morgan fingerprint density at radius 1 is 1.48 bits per heavy atom. The second-order valence-electron chi connectivity index (χ2n) is 6.30. The predicted octanol–water partition coefficient (Wildman–Crippen LogP) is 0.316. The Morgan fingerprint density at radius 3 is 2.88 bits per heavy atom. The van der Waals surface area contributed by atoms with Crippen LogP contribution in [0.5, 0.6) is 0 Å². The van der Waals surface area contributed by atoms with Gasteiger partial charge >= 0.3 is 5.69 Å². The highest BCUT2D eigenvalue weighted by Gasteiger charge is 2.52. The molecule has 0 aromatic carbocycles. The molecule has 1 aromatic rings. The van der Waals surface area contributed by atoms with Crippen molar-refractivity contribution in [2.75, 3.05) is 25.4 Å². The van der Waals surface area contributed by atoms with Crippen molar-refractivity contribution in [1.82, 2.24) is 14.5 Å². The SMILES string of the molecule is N=CC1=C(N)CN(CC2CC(F)(F)[C@H](n3ccc(N)nc3=O)O2)CC1. The standard InChI is InChI=1S/C15H20F2N6O2/c16-15(17)5-10(7-22-3-1-9(6-18)11(19)8-22)25-13(15)23-4-2-12(20)21-14(23)24/h2,4,6,10,13,18H,1,3,5,7-8,19H2,(H2,20,21,24)/t10?,13-/m1/s1. The lowest BCUT2D eigenvalue weighted by Crippen LogP contribution is -2.39. The molecule has 10 heteroatoms. The number of alkyl halides is 2. The van der Waals surface area contributed by atoms with Crippen LogP contribution >= 0.6 is 0 Å². The molecule has 3 rings (SSSR count). The van der Waals surface area contributed by atoms with Gasteiger partial charge in [-0.05, 0) is 18.1 Å². The maximum Gasteiger partial charge on any atom is 0.351 e. The summed E-state index contributed by atoms with van der Waals surface area (Å²) in [4.78, 5) is 17.2. The van der Waals surface area contributed by atoms with Gasteiger partial charge in [0.05, 0.1) is 6.10 Å². The molecule has 0 saturated carbocycles. The van der Waals surface area contributed by atoms with Gasteiger partial charge in [0, 0.05) is 44.2 Å². The number of ether oxygens (including phenoxy) is 1. The highest BCUT2D eigenvalue weighted by atomic mass is 19.3. The van der Waals surface area contributed by atoms with Crippen molar-refractivity contribution in [2.24, 2.45) is 5.73 Å². The molecule has 1 saturated heterocycles. The molecule has 5 N–H and O–H groups in total. The third-order valence-electron chi connectivity index (χ3n) is 4.43. The summed E-state index contributed by atoms with van der Waals surface area (Å²) in [6, 6.07) is 1.28. The van der Waals surface area contributed by atoms with Crippen molar-refractivity contribution in [2.45, 2.75) is 31.1 Å². The molecule has 0 radical (unpaired) electrons. The number of aromatic nitrogens is 2. The first-order valence-electron chi connectivity index (χ1n) is 7.88. The van der Waals surface area contributed by atoms with E-state index in [0.29, 0.717) is 25.2 Å². The van der Waals surface area contributed by atoms with Gasteiger partial charge in [-0.25, -0.2) is 13.6 Å². The quantitative estimate of drug-likeness (QED) is 0.669. The van der Waals surface area contributed by atoms with Crippen molar-refractivity contribution < 1.29 is 13.5 Å². The van der Waals surface area contributed by atoms with Gasteiger partial charge in [-0.1, -0.05) is 0 Å². The number of nitrogens with two attached hydrogens (primary N) is 2. The summed E-state index contributed by atoms with van der Waals surface area (Å²) in [6.07, 6.45) is 0.0640. The van der Waals surface area contributed by atoms with Crippen LogP contribution < -0.4 is 17.2 Å². The Balaban J connectivity index is 1.71. The first kappa shape index (κ1) is 17.5. The van der Waals surface area contributed by atoms with E-state index in [9.17, 15) is 13.6 Å². The van der Waals surface area contributed by atoms with Gasteiger partial charge in [0.1, 0.15) is 5.82 Å². The first-order valence-corrected chi connectivity index (χ1v) is 7.88. The van der Waals surface area contributed by atoms with Crippen molar-refractivity contribution >= 4 is 12.0 Å². The van der Waals surface area contributed by atoms with Crippen molar-refractivity contribution in [1.29, 1.82) is 5.41 Å². The fourth-order valence-corrected chi connectivity index (χ4v) is 3.18. The lowest BCUT2D eigenvalue weighted by atomic mass is 10.1. The number of nitrogens with one attached hydrogen (secondary N) is 1. The summed E-state index contributed by atoms with van der Waals surface area (Å²) in [6.45, 7) is 1.30. The molecular formula is C15H20F2N6O2. The number of hydrogen-bond donors (Lipinski definition) is 3. The second kappa shape index (κ2) is 6.52. The summed E-state index contributed by atoms with van der Waals surface area (Å²) >= 11 is 0. The van der Waals surface area contributed by atoms with Crippen LogP contribution in [-0.4, -0.2) is 52.3 Å². The lowest BCUT2D eigenvalue weighted by molar-refractivity contribution is -0.118. The molecule has 1 fully saturated rings. The zero-order chi connectivity index (χ0) is 18.2. The average Bonchev–Trinajstić information content (AvgIpc) is 2.82. The molecule has 2 aliphatic heterocycles. The third-order valence-corrected chi connectivity index (χ3v) is 4.43. The molecule has 136 valence electrons. The van der Waals surface area contributed by atoms with E-state index < -0.39 is 30.4 Å². The summed E-state index contributed by atoms with van der Waals surface area (Å²) in [7, 11) is 0. The molecule has 1 aromatic heterocycles. The zero-order valence-electron chi connectivity index (χ0n) is 13.5. The summed E-state index contributed by atoms with van der Waals surface area (Å²) in [5.41, 5.74) is 11.8. The van der Waals surface area contributed by atoms with E-state index in [1.807, 2.05) is 4.90 Å². The summed E-state index contributed by atoms with van der Waals surface area (Å²) < 4.78 is 34.9. The van der Waals surface area contributed by atoms with Gasteiger partial charge < -0.3 is 21.6 Å². The molecule has 0 spiro atoms. The van der Waals surface area contributed by atoms with E-state index in [1.54, 1.807) is 0 Å². The van der Waals surface area contributed by atoms with Gasteiger partial charge in [-0.3, -0.25) is 9.47 Å². The van der Waals surface area contributed by atoms with Gasteiger partial charge in [0.15, 0.2) is 0 Å². The Kier molecular flexibility index (Phi) is 4.56. The van der Waals surface area contributed by atoms with Crippen LogP contribution in [0.1, 0.15) is 19.1 Å². The molecule has 25 heavy (non-hydrogen) atoms. The molecule has 0 bridgehead atoms. The number of hydrogen-bond acceptors (Lipinski definition) is 7. The second-order valence-corrected chi connectivity index (χ2v) is 6.30. The Labute approximate surface area is 142 Å². The van der Waals surface area contributed by atoms with Crippen molar-refractivity contribution in [3.63, 3.8) is 0 Å². The third kappa shape index (κ3) is 3.54. The highest BCUT2D eigenvalue weighted by Crippen LogP contribution is 2.42. The minimum absolute atomic E-state index is 0.0308. The smallest absolute Gasteiger partial charge is 0.351 e. The van der Waals surface area contributed by atoms with Gasteiger partial charge in [-0.2, -0.15) is 4.98 Å². The molecule has 2 atom stereocenters. The van der Waals surface area contributed by atoms with Crippen LogP contribution in [0.4, 0.5) is 14.6 Å². The number of nitrogen functional groups attached to an aromatic ring is 1. The number of halogens is 2. The number of anilines is 1.